The third-order valence-corrected chi connectivity index (χ3v) is 5.79. The second-order valence-corrected chi connectivity index (χ2v) is 7.43. The van der Waals surface area contributed by atoms with Crippen LogP contribution in [0.25, 0.3) is 0 Å². The zero-order valence-electron chi connectivity index (χ0n) is 15.2. The van der Waals surface area contributed by atoms with Crippen LogP contribution in [0.2, 0.25) is 0 Å². The van der Waals surface area contributed by atoms with Crippen molar-refractivity contribution in [3.8, 4) is 0 Å². The summed E-state index contributed by atoms with van der Waals surface area (Å²) < 4.78 is 14.0. The van der Waals surface area contributed by atoms with E-state index in [0.29, 0.717) is 18.8 Å². The van der Waals surface area contributed by atoms with Crippen molar-refractivity contribution in [1.29, 1.82) is 0 Å². The number of halogens is 1. The molecular weight excluding hydrogens is 331 g/mol. The summed E-state index contributed by atoms with van der Waals surface area (Å²) in [6.07, 6.45) is 5.62. The molecule has 0 bridgehead atoms. The lowest BCUT2D eigenvalue weighted by Crippen LogP contribution is -2.54. The lowest BCUT2D eigenvalue weighted by Gasteiger charge is -2.39. The molecule has 0 spiro atoms. The first kappa shape index (κ1) is 17.3. The van der Waals surface area contributed by atoms with Crippen LogP contribution in [-0.2, 0) is 4.79 Å². The van der Waals surface area contributed by atoms with E-state index in [1.807, 2.05) is 17.0 Å². The van der Waals surface area contributed by atoms with Crippen molar-refractivity contribution in [2.75, 3.05) is 44.2 Å². The molecule has 3 aliphatic rings. The number of carbonyl (C=O) groups excluding carboxylic acids is 1. The molecule has 1 saturated heterocycles. The number of piperazine rings is 1. The van der Waals surface area contributed by atoms with Gasteiger partial charge in [-0.3, -0.25) is 14.7 Å². The van der Waals surface area contributed by atoms with Crippen molar-refractivity contribution >= 4 is 17.6 Å². The van der Waals surface area contributed by atoms with E-state index >= 15 is 0 Å². The molecule has 4 rings (SSSR count). The molecule has 2 heterocycles. The number of benzene rings is 1. The van der Waals surface area contributed by atoms with Gasteiger partial charge in [-0.15, -0.1) is 0 Å². The van der Waals surface area contributed by atoms with Gasteiger partial charge in [-0.05, 0) is 25.0 Å². The predicted molar refractivity (Wildman–Crippen MR) is 101 cm³/mol. The normalized spacial score (nSPS) is 21.9. The molecule has 2 aliphatic heterocycles. The monoisotopic (exact) mass is 358 g/mol. The predicted octanol–water partition coefficient (Wildman–Crippen LogP) is 2.73. The summed E-state index contributed by atoms with van der Waals surface area (Å²) in [5.41, 5.74) is 0.663. The molecule has 5 nitrogen and oxygen atoms in total. The van der Waals surface area contributed by atoms with Gasteiger partial charge in [0.1, 0.15) is 5.82 Å². The van der Waals surface area contributed by atoms with Gasteiger partial charge in [0.15, 0.2) is 0 Å². The van der Waals surface area contributed by atoms with E-state index in [-0.39, 0.29) is 17.6 Å². The lowest BCUT2D eigenvalue weighted by molar-refractivity contribution is -0.132. The fourth-order valence-corrected chi connectivity index (χ4v) is 4.34. The minimum absolute atomic E-state index is 0.173. The zero-order valence-corrected chi connectivity index (χ0v) is 15.2. The highest BCUT2D eigenvalue weighted by Crippen LogP contribution is 2.27. The largest absolute Gasteiger partial charge is 0.366 e. The van der Waals surface area contributed by atoms with Gasteiger partial charge in [0.05, 0.1) is 12.2 Å². The Morgan fingerprint density at radius 2 is 1.65 bits per heavy atom. The van der Waals surface area contributed by atoms with Crippen LogP contribution in [0.3, 0.4) is 0 Å². The van der Waals surface area contributed by atoms with Crippen LogP contribution in [0.15, 0.2) is 29.3 Å². The fourth-order valence-electron chi connectivity index (χ4n) is 4.34. The second kappa shape index (κ2) is 7.64. The van der Waals surface area contributed by atoms with Gasteiger partial charge in [0.2, 0.25) is 11.9 Å². The third kappa shape index (κ3) is 3.41. The molecule has 0 N–H and O–H groups in total. The number of para-hydroxylation sites is 1. The van der Waals surface area contributed by atoms with Crippen LogP contribution in [0.1, 0.15) is 32.1 Å². The number of aliphatic imine (C=N–C) groups is 1. The highest BCUT2D eigenvalue weighted by Gasteiger charge is 2.34. The number of amides is 1. The zero-order chi connectivity index (χ0) is 17.9. The smallest absolute Gasteiger partial charge is 0.232 e. The maximum Gasteiger partial charge on any atom is 0.232 e. The topological polar surface area (TPSA) is 39.2 Å². The van der Waals surface area contributed by atoms with Crippen LogP contribution in [0.5, 0.6) is 0 Å². The number of hydrogen-bond acceptors (Lipinski definition) is 4. The van der Waals surface area contributed by atoms with E-state index in [9.17, 15) is 9.18 Å². The second-order valence-electron chi connectivity index (χ2n) is 7.43. The first-order valence-corrected chi connectivity index (χ1v) is 9.84. The molecular formula is C20H27FN4O. The maximum absolute atomic E-state index is 14.0. The molecule has 0 aromatic heterocycles. The molecule has 140 valence electrons. The summed E-state index contributed by atoms with van der Waals surface area (Å²) in [5, 5.41) is 0. The standard InChI is InChI=1S/C20H27FN4O/c21-17-8-4-5-9-18(17)23-12-14-24(15-13-23)20-22-10-11-25(20)19(26)16-6-2-1-3-7-16/h4-5,8-9,16H,1-3,6-7,10-15H2. The van der Waals surface area contributed by atoms with E-state index in [0.717, 1.165) is 57.8 Å². The molecule has 0 radical (unpaired) electrons. The molecule has 2 fully saturated rings. The summed E-state index contributed by atoms with van der Waals surface area (Å²) in [5.74, 6) is 1.10. The number of carbonyl (C=O) groups is 1. The molecule has 1 saturated carbocycles. The minimum Gasteiger partial charge on any atom is -0.366 e. The summed E-state index contributed by atoms with van der Waals surface area (Å²) in [6, 6.07) is 6.93. The van der Waals surface area contributed by atoms with Crippen LogP contribution in [0.4, 0.5) is 10.1 Å². The van der Waals surface area contributed by atoms with E-state index in [4.69, 9.17) is 0 Å². The molecule has 1 aromatic carbocycles. The van der Waals surface area contributed by atoms with Crippen molar-refractivity contribution in [3.05, 3.63) is 30.1 Å². The number of rotatable bonds is 2. The number of guanidine groups is 1. The summed E-state index contributed by atoms with van der Waals surface area (Å²) in [6.45, 7) is 4.42. The maximum atomic E-state index is 14.0. The fraction of sp³-hybridized carbons (Fsp3) is 0.600. The van der Waals surface area contributed by atoms with Gasteiger partial charge in [-0.2, -0.15) is 0 Å². The van der Waals surface area contributed by atoms with E-state index in [1.165, 1.54) is 12.5 Å². The number of hydrogen-bond donors (Lipinski definition) is 0. The van der Waals surface area contributed by atoms with Gasteiger partial charge in [0, 0.05) is 38.6 Å². The van der Waals surface area contributed by atoms with E-state index in [2.05, 4.69) is 14.8 Å². The molecule has 1 amide bonds. The molecule has 1 aromatic rings. The van der Waals surface area contributed by atoms with Crippen LogP contribution >= 0.6 is 0 Å². The number of anilines is 1. The first-order valence-electron chi connectivity index (χ1n) is 9.84. The Bertz CT molecular complexity index is 678. The Hall–Kier alpha value is -2.11. The van der Waals surface area contributed by atoms with Gasteiger partial charge >= 0.3 is 0 Å². The quantitative estimate of drug-likeness (QED) is 0.816. The van der Waals surface area contributed by atoms with E-state index in [1.54, 1.807) is 6.07 Å². The Kier molecular flexibility index (Phi) is 5.09. The van der Waals surface area contributed by atoms with Gasteiger partial charge in [-0.25, -0.2) is 4.39 Å². The van der Waals surface area contributed by atoms with Crippen molar-refractivity contribution < 1.29 is 9.18 Å². The number of nitrogens with zero attached hydrogens (tertiary/aromatic N) is 4. The van der Waals surface area contributed by atoms with Crippen molar-refractivity contribution in [2.45, 2.75) is 32.1 Å². The first-order chi connectivity index (χ1) is 12.7. The highest BCUT2D eigenvalue weighted by atomic mass is 19.1. The Balaban J connectivity index is 1.39. The Morgan fingerprint density at radius 3 is 2.38 bits per heavy atom. The Labute approximate surface area is 154 Å². The van der Waals surface area contributed by atoms with Crippen molar-refractivity contribution in [3.63, 3.8) is 0 Å². The van der Waals surface area contributed by atoms with Crippen LogP contribution < -0.4 is 4.90 Å². The van der Waals surface area contributed by atoms with E-state index < -0.39 is 0 Å². The van der Waals surface area contributed by atoms with Crippen LogP contribution in [0, 0.1) is 11.7 Å². The van der Waals surface area contributed by atoms with Gasteiger partial charge < -0.3 is 9.80 Å². The molecule has 0 atom stereocenters. The summed E-state index contributed by atoms with van der Waals surface area (Å²) in [7, 11) is 0. The van der Waals surface area contributed by atoms with Crippen molar-refractivity contribution in [2.24, 2.45) is 10.9 Å². The molecule has 26 heavy (non-hydrogen) atoms. The minimum atomic E-state index is -0.173. The molecule has 0 unspecified atom stereocenters. The van der Waals surface area contributed by atoms with Gasteiger partial charge in [0.25, 0.3) is 0 Å². The average Bonchev–Trinajstić information content (AvgIpc) is 3.18. The van der Waals surface area contributed by atoms with Gasteiger partial charge in [-0.1, -0.05) is 31.4 Å². The SMILES string of the molecule is O=C(C1CCCCC1)N1CCN=C1N1CCN(c2ccccc2F)CC1. The summed E-state index contributed by atoms with van der Waals surface area (Å²) in [4.78, 5) is 23.8. The lowest BCUT2D eigenvalue weighted by atomic mass is 9.88. The third-order valence-electron chi connectivity index (χ3n) is 5.79. The average molecular weight is 358 g/mol. The highest BCUT2D eigenvalue weighted by molar-refractivity contribution is 5.99. The van der Waals surface area contributed by atoms with Crippen LogP contribution in [-0.4, -0.2) is 60.9 Å². The molecule has 6 heteroatoms. The van der Waals surface area contributed by atoms with Crippen molar-refractivity contribution in [1.82, 2.24) is 9.80 Å². The Morgan fingerprint density at radius 1 is 0.962 bits per heavy atom. The molecule has 1 aliphatic carbocycles. The summed E-state index contributed by atoms with van der Waals surface area (Å²) >= 11 is 0.